The highest BCUT2D eigenvalue weighted by Gasteiger charge is 2.15. The standard InChI is InChI=1S/C13H15BrFN3O/c1-3-6-18-13(12(16)8(2)17-18)19-11-5-4-9(15)7-10(11)14/h4-5,7H,3,6,16H2,1-2H3. The lowest BCUT2D eigenvalue weighted by Gasteiger charge is -2.10. The maximum Gasteiger partial charge on any atom is 0.241 e. The zero-order valence-corrected chi connectivity index (χ0v) is 12.4. The van der Waals surface area contributed by atoms with Gasteiger partial charge in [0.05, 0.1) is 10.2 Å². The summed E-state index contributed by atoms with van der Waals surface area (Å²) in [5, 5.41) is 4.32. The Morgan fingerprint density at radius 1 is 1.47 bits per heavy atom. The summed E-state index contributed by atoms with van der Waals surface area (Å²) in [5.74, 6) is 0.669. The van der Waals surface area contributed by atoms with E-state index in [1.54, 1.807) is 10.7 Å². The van der Waals surface area contributed by atoms with Gasteiger partial charge in [0, 0.05) is 6.54 Å². The van der Waals surface area contributed by atoms with Crippen LogP contribution in [0.5, 0.6) is 11.6 Å². The van der Waals surface area contributed by atoms with E-state index in [1.165, 1.54) is 12.1 Å². The van der Waals surface area contributed by atoms with Gasteiger partial charge in [-0.25, -0.2) is 9.07 Å². The molecule has 19 heavy (non-hydrogen) atoms. The van der Waals surface area contributed by atoms with Crippen LogP contribution in [0.25, 0.3) is 0 Å². The molecule has 0 unspecified atom stereocenters. The highest BCUT2D eigenvalue weighted by atomic mass is 79.9. The van der Waals surface area contributed by atoms with Crippen LogP contribution in [0.2, 0.25) is 0 Å². The molecule has 0 saturated carbocycles. The Hall–Kier alpha value is -1.56. The summed E-state index contributed by atoms with van der Waals surface area (Å²) in [4.78, 5) is 0. The van der Waals surface area contributed by atoms with Gasteiger partial charge in [-0.05, 0) is 47.5 Å². The van der Waals surface area contributed by atoms with E-state index in [-0.39, 0.29) is 5.82 Å². The number of aromatic nitrogens is 2. The lowest BCUT2D eigenvalue weighted by Crippen LogP contribution is -2.03. The first-order chi connectivity index (χ1) is 9.02. The summed E-state index contributed by atoms with van der Waals surface area (Å²) in [6, 6.07) is 4.24. The number of nitrogens with two attached hydrogens (primary N) is 1. The molecule has 102 valence electrons. The van der Waals surface area contributed by atoms with Crippen molar-refractivity contribution in [2.24, 2.45) is 0 Å². The fraction of sp³-hybridized carbons (Fsp3) is 0.308. The molecule has 0 fully saturated rings. The average molecular weight is 328 g/mol. The van der Waals surface area contributed by atoms with E-state index < -0.39 is 0 Å². The summed E-state index contributed by atoms with van der Waals surface area (Å²) < 4.78 is 21.1. The first kappa shape index (κ1) is 13.9. The summed E-state index contributed by atoms with van der Waals surface area (Å²) in [6.07, 6.45) is 0.918. The Bertz CT molecular complexity index is 598. The second-order valence-corrected chi connectivity index (χ2v) is 5.06. The molecule has 0 saturated heterocycles. The van der Waals surface area contributed by atoms with Crippen molar-refractivity contribution >= 4 is 21.6 Å². The number of hydrogen-bond donors (Lipinski definition) is 1. The van der Waals surface area contributed by atoms with Crippen LogP contribution < -0.4 is 10.5 Å². The van der Waals surface area contributed by atoms with Crippen LogP contribution >= 0.6 is 15.9 Å². The first-order valence-electron chi connectivity index (χ1n) is 5.98. The van der Waals surface area contributed by atoms with Crippen molar-refractivity contribution in [1.29, 1.82) is 0 Å². The molecular formula is C13H15BrFN3O. The predicted octanol–water partition coefficient (Wildman–Crippen LogP) is 3.88. The minimum Gasteiger partial charge on any atom is -0.436 e. The van der Waals surface area contributed by atoms with E-state index in [2.05, 4.69) is 21.0 Å². The number of aryl methyl sites for hydroxylation is 2. The molecule has 0 bridgehead atoms. The van der Waals surface area contributed by atoms with Gasteiger partial charge < -0.3 is 10.5 Å². The summed E-state index contributed by atoms with van der Waals surface area (Å²) in [5.41, 5.74) is 7.19. The number of halogens is 2. The number of benzene rings is 1. The molecule has 0 aliphatic heterocycles. The van der Waals surface area contributed by atoms with Crippen LogP contribution in [0.15, 0.2) is 22.7 Å². The van der Waals surface area contributed by atoms with Crippen LogP contribution in [0.1, 0.15) is 19.0 Å². The fourth-order valence-electron chi connectivity index (χ4n) is 1.71. The van der Waals surface area contributed by atoms with Gasteiger partial charge in [0.25, 0.3) is 0 Å². The van der Waals surface area contributed by atoms with Crippen molar-refractivity contribution in [1.82, 2.24) is 9.78 Å². The molecule has 0 aliphatic carbocycles. The zero-order chi connectivity index (χ0) is 14.0. The van der Waals surface area contributed by atoms with E-state index in [9.17, 15) is 4.39 Å². The largest absolute Gasteiger partial charge is 0.436 e. The third-order valence-electron chi connectivity index (χ3n) is 2.66. The first-order valence-corrected chi connectivity index (χ1v) is 6.78. The number of nitrogen functional groups attached to an aromatic ring is 1. The Labute approximate surface area is 119 Å². The number of rotatable bonds is 4. The molecule has 4 nitrogen and oxygen atoms in total. The number of nitrogens with zero attached hydrogens (tertiary/aromatic N) is 2. The fourth-order valence-corrected chi connectivity index (χ4v) is 2.14. The van der Waals surface area contributed by atoms with Crippen LogP contribution in [0.3, 0.4) is 0 Å². The van der Waals surface area contributed by atoms with Crippen molar-refractivity contribution < 1.29 is 9.13 Å². The van der Waals surface area contributed by atoms with Crippen molar-refractivity contribution in [3.63, 3.8) is 0 Å². The number of hydrogen-bond acceptors (Lipinski definition) is 3. The molecule has 0 atom stereocenters. The Kier molecular flexibility index (Phi) is 4.09. The van der Waals surface area contributed by atoms with E-state index in [1.807, 2.05) is 13.8 Å². The van der Waals surface area contributed by atoms with Gasteiger partial charge in [-0.15, -0.1) is 0 Å². The molecule has 2 aromatic rings. The van der Waals surface area contributed by atoms with Crippen LogP contribution in [-0.2, 0) is 6.54 Å². The van der Waals surface area contributed by atoms with Crippen LogP contribution in [0.4, 0.5) is 10.1 Å². The quantitative estimate of drug-likeness (QED) is 0.927. The molecule has 2 N–H and O–H groups in total. The summed E-state index contributed by atoms with van der Waals surface area (Å²) in [6.45, 7) is 4.59. The van der Waals surface area contributed by atoms with Gasteiger partial charge in [0.15, 0.2) is 0 Å². The van der Waals surface area contributed by atoms with E-state index in [0.717, 1.165) is 12.1 Å². The summed E-state index contributed by atoms with van der Waals surface area (Å²) in [7, 11) is 0. The maximum atomic E-state index is 13.0. The van der Waals surface area contributed by atoms with Gasteiger partial charge in [-0.2, -0.15) is 5.10 Å². The topological polar surface area (TPSA) is 53.1 Å². The lowest BCUT2D eigenvalue weighted by atomic mass is 10.3. The molecule has 2 rings (SSSR count). The average Bonchev–Trinajstić information content (AvgIpc) is 2.61. The van der Waals surface area contributed by atoms with Gasteiger partial charge in [0.1, 0.15) is 17.3 Å². The Morgan fingerprint density at radius 2 is 2.21 bits per heavy atom. The monoisotopic (exact) mass is 327 g/mol. The molecule has 1 heterocycles. The van der Waals surface area contributed by atoms with E-state index in [0.29, 0.717) is 28.3 Å². The molecule has 0 aliphatic rings. The molecular weight excluding hydrogens is 313 g/mol. The summed E-state index contributed by atoms with van der Waals surface area (Å²) >= 11 is 3.26. The maximum absolute atomic E-state index is 13.0. The lowest BCUT2D eigenvalue weighted by molar-refractivity contribution is 0.407. The molecule has 6 heteroatoms. The highest BCUT2D eigenvalue weighted by Crippen LogP contribution is 2.34. The van der Waals surface area contributed by atoms with Gasteiger partial charge in [-0.1, -0.05) is 6.92 Å². The van der Waals surface area contributed by atoms with Crippen molar-refractivity contribution in [2.75, 3.05) is 5.73 Å². The minimum atomic E-state index is -0.328. The van der Waals surface area contributed by atoms with E-state index >= 15 is 0 Å². The molecule has 0 amide bonds. The molecule has 0 radical (unpaired) electrons. The highest BCUT2D eigenvalue weighted by molar-refractivity contribution is 9.10. The van der Waals surface area contributed by atoms with Crippen LogP contribution in [0, 0.1) is 12.7 Å². The van der Waals surface area contributed by atoms with Gasteiger partial charge >= 0.3 is 0 Å². The second-order valence-electron chi connectivity index (χ2n) is 4.20. The zero-order valence-electron chi connectivity index (χ0n) is 10.8. The SMILES string of the molecule is CCCn1nc(C)c(N)c1Oc1ccc(F)cc1Br. The van der Waals surface area contributed by atoms with Crippen LogP contribution in [-0.4, -0.2) is 9.78 Å². The third kappa shape index (κ3) is 2.89. The van der Waals surface area contributed by atoms with Gasteiger partial charge in [0.2, 0.25) is 5.88 Å². The normalized spacial score (nSPS) is 10.7. The number of ether oxygens (including phenoxy) is 1. The molecule has 1 aromatic carbocycles. The smallest absolute Gasteiger partial charge is 0.241 e. The number of anilines is 1. The van der Waals surface area contributed by atoms with Gasteiger partial charge in [-0.3, -0.25) is 0 Å². The Balaban J connectivity index is 2.37. The third-order valence-corrected chi connectivity index (χ3v) is 3.28. The molecule has 0 spiro atoms. The minimum absolute atomic E-state index is 0.328. The Morgan fingerprint density at radius 3 is 2.84 bits per heavy atom. The van der Waals surface area contributed by atoms with Crippen molar-refractivity contribution in [2.45, 2.75) is 26.8 Å². The predicted molar refractivity (Wildman–Crippen MR) is 75.8 cm³/mol. The second kappa shape index (κ2) is 5.61. The molecule has 1 aromatic heterocycles. The van der Waals surface area contributed by atoms with Crippen molar-refractivity contribution in [3.05, 3.63) is 34.2 Å². The van der Waals surface area contributed by atoms with Crippen molar-refractivity contribution in [3.8, 4) is 11.6 Å². The van der Waals surface area contributed by atoms with E-state index in [4.69, 9.17) is 10.5 Å².